The molecule has 1 amide bonds. The minimum atomic E-state index is -0.00654. The van der Waals surface area contributed by atoms with Crippen molar-refractivity contribution >= 4 is 16.8 Å². The Morgan fingerprint density at radius 1 is 0.969 bits per heavy atom. The van der Waals surface area contributed by atoms with Crippen LogP contribution < -0.4 is 0 Å². The zero-order valence-electron chi connectivity index (χ0n) is 18.7. The second kappa shape index (κ2) is 10.2. The number of carbonyl (C=O) groups is 1. The van der Waals surface area contributed by atoms with Crippen LogP contribution in [0.1, 0.15) is 54.6 Å². The lowest BCUT2D eigenvalue weighted by atomic mass is 9.97. The molecule has 2 aromatic carbocycles. The molecule has 0 saturated heterocycles. The van der Waals surface area contributed by atoms with Gasteiger partial charge in [-0.05, 0) is 24.1 Å². The number of fused-ring (bicyclic) bond motifs is 1. The smallest absolute Gasteiger partial charge is 0.254 e. The Morgan fingerprint density at radius 2 is 1.69 bits per heavy atom. The highest BCUT2D eigenvalue weighted by Gasteiger charge is 2.24. The van der Waals surface area contributed by atoms with Crippen molar-refractivity contribution in [2.24, 2.45) is 0 Å². The van der Waals surface area contributed by atoms with Crippen LogP contribution in [0, 0.1) is 0 Å². The fraction of sp³-hybridized carbons (Fsp3) is 0.250. The summed E-state index contributed by atoms with van der Waals surface area (Å²) in [6, 6.07) is 24.1. The number of aromatic nitrogens is 2. The molecule has 0 aliphatic rings. The summed E-state index contributed by atoms with van der Waals surface area (Å²) in [5.41, 5.74) is 4.37. The maximum atomic E-state index is 13.9. The lowest BCUT2D eigenvalue weighted by Crippen LogP contribution is -2.31. The molecule has 2 aromatic heterocycles. The quantitative estimate of drug-likeness (QED) is 0.297. The van der Waals surface area contributed by atoms with Gasteiger partial charge in [-0.1, -0.05) is 86.8 Å². The van der Waals surface area contributed by atoms with Gasteiger partial charge in [0.2, 0.25) is 0 Å². The maximum Gasteiger partial charge on any atom is 0.254 e. The van der Waals surface area contributed by atoms with E-state index >= 15 is 0 Å². The van der Waals surface area contributed by atoms with Crippen LogP contribution in [0.15, 0.2) is 85.2 Å². The minimum Gasteiger partial charge on any atom is -0.335 e. The molecule has 32 heavy (non-hydrogen) atoms. The summed E-state index contributed by atoms with van der Waals surface area (Å²) in [5, 5.41) is 0.782. The first kappa shape index (κ1) is 21.7. The second-order valence-electron chi connectivity index (χ2n) is 8.15. The van der Waals surface area contributed by atoms with Crippen LogP contribution in [0.3, 0.4) is 0 Å². The van der Waals surface area contributed by atoms with Gasteiger partial charge >= 0.3 is 0 Å². The maximum absolute atomic E-state index is 13.9. The van der Waals surface area contributed by atoms with Crippen LogP contribution >= 0.6 is 0 Å². The molecular formula is C28H29N3O. The van der Waals surface area contributed by atoms with Gasteiger partial charge in [0, 0.05) is 30.4 Å². The number of pyridine rings is 2. The predicted octanol–water partition coefficient (Wildman–Crippen LogP) is 6.69. The third kappa shape index (κ3) is 4.70. The summed E-state index contributed by atoms with van der Waals surface area (Å²) >= 11 is 0. The van der Waals surface area contributed by atoms with Crippen LogP contribution in [-0.4, -0.2) is 27.8 Å². The fourth-order valence-electron chi connectivity index (χ4n) is 4.18. The van der Waals surface area contributed by atoms with Gasteiger partial charge < -0.3 is 4.90 Å². The first-order valence-electron chi connectivity index (χ1n) is 11.3. The molecule has 4 nitrogen and oxygen atoms in total. The van der Waals surface area contributed by atoms with Crippen molar-refractivity contribution in [2.75, 3.05) is 7.05 Å². The van der Waals surface area contributed by atoms with Crippen LogP contribution in [0.5, 0.6) is 0 Å². The molecule has 1 unspecified atom stereocenters. The van der Waals surface area contributed by atoms with Gasteiger partial charge in [0.1, 0.15) is 0 Å². The SMILES string of the molecule is CCCCCC(c1ccccc1)N(C)C(=O)c1cc(-c2ccccc2)nc2ccncc12. The third-order valence-electron chi connectivity index (χ3n) is 5.96. The summed E-state index contributed by atoms with van der Waals surface area (Å²) in [5.74, 6) is -0.00654. The van der Waals surface area contributed by atoms with Gasteiger partial charge in [-0.25, -0.2) is 4.98 Å². The van der Waals surface area contributed by atoms with Crippen molar-refractivity contribution in [1.29, 1.82) is 0 Å². The molecule has 162 valence electrons. The molecule has 0 saturated carbocycles. The highest BCUT2D eigenvalue weighted by Crippen LogP contribution is 2.30. The van der Waals surface area contributed by atoms with Crippen molar-refractivity contribution < 1.29 is 4.79 Å². The van der Waals surface area contributed by atoms with E-state index in [2.05, 4.69) is 24.0 Å². The molecule has 0 N–H and O–H groups in total. The molecule has 0 radical (unpaired) electrons. The standard InChI is InChI=1S/C28H29N3O/c1-3-4-7-16-27(22-14-10-6-11-15-22)31(2)28(32)23-19-26(21-12-8-5-9-13-21)30-25-17-18-29-20-24(23)25/h5-6,8-15,17-20,27H,3-4,7,16H2,1-2H3. The van der Waals surface area contributed by atoms with Crippen LogP contribution in [0.2, 0.25) is 0 Å². The van der Waals surface area contributed by atoms with Crippen LogP contribution in [0.25, 0.3) is 22.2 Å². The second-order valence-corrected chi connectivity index (χ2v) is 8.15. The monoisotopic (exact) mass is 423 g/mol. The van der Waals surface area contributed by atoms with Crippen molar-refractivity contribution in [1.82, 2.24) is 14.9 Å². The van der Waals surface area contributed by atoms with E-state index in [4.69, 9.17) is 4.98 Å². The Morgan fingerprint density at radius 3 is 2.41 bits per heavy atom. The van der Waals surface area contributed by atoms with Crippen molar-refractivity contribution in [3.63, 3.8) is 0 Å². The number of unbranched alkanes of at least 4 members (excludes halogenated alkanes) is 2. The Hall–Kier alpha value is -3.53. The number of benzene rings is 2. The topological polar surface area (TPSA) is 46.1 Å². The molecule has 0 fully saturated rings. The molecule has 4 aromatic rings. The molecule has 0 bridgehead atoms. The van der Waals surface area contributed by atoms with E-state index in [0.717, 1.165) is 47.8 Å². The van der Waals surface area contributed by atoms with Crippen LogP contribution in [0.4, 0.5) is 0 Å². The first-order chi connectivity index (χ1) is 15.7. The van der Waals surface area contributed by atoms with Crippen molar-refractivity contribution in [2.45, 2.75) is 38.6 Å². The van der Waals surface area contributed by atoms with Gasteiger partial charge in [-0.15, -0.1) is 0 Å². The fourth-order valence-corrected chi connectivity index (χ4v) is 4.18. The first-order valence-corrected chi connectivity index (χ1v) is 11.3. The minimum absolute atomic E-state index is 0.00654. The number of rotatable bonds is 8. The van der Waals surface area contributed by atoms with Crippen LogP contribution in [-0.2, 0) is 0 Å². The molecule has 4 rings (SSSR count). The van der Waals surface area contributed by atoms with E-state index in [1.807, 2.05) is 72.6 Å². The molecule has 4 heteroatoms. The van der Waals surface area contributed by atoms with Gasteiger partial charge in [-0.2, -0.15) is 0 Å². The Bertz CT molecular complexity index is 1180. The summed E-state index contributed by atoms with van der Waals surface area (Å²) in [4.78, 5) is 24.8. The lowest BCUT2D eigenvalue weighted by molar-refractivity contribution is 0.0722. The Balaban J connectivity index is 1.75. The average molecular weight is 424 g/mol. The van der Waals surface area contributed by atoms with E-state index in [1.165, 1.54) is 5.56 Å². The number of amides is 1. The number of carbonyl (C=O) groups excluding carboxylic acids is 1. The molecule has 0 aliphatic carbocycles. The highest BCUT2D eigenvalue weighted by molar-refractivity contribution is 6.07. The highest BCUT2D eigenvalue weighted by atomic mass is 16.2. The third-order valence-corrected chi connectivity index (χ3v) is 5.96. The summed E-state index contributed by atoms with van der Waals surface area (Å²) in [6.45, 7) is 2.20. The molecule has 0 spiro atoms. The number of hydrogen-bond donors (Lipinski definition) is 0. The number of hydrogen-bond acceptors (Lipinski definition) is 3. The molecule has 2 heterocycles. The van der Waals surface area contributed by atoms with E-state index in [-0.39, 0.29) is 11.9 Å². The van der Waals surface area contributed by atoms with Crippen molar-refractivity contribution in [3.8, 4) is 11.3 Å². The Labute approximate surface area is 190 Å². The molecule has 1 atom stereocenters. The van der Waals surface area contributed by atoms with E-state index in [9.17, 15) is 4.79 Å². The number of nitrogens with zero attached hydrogens (tertiary/aromatic N) is 3. The predicted molar refractivity (Wildman–Crippen MR) is 130 cm³/mol. The largest absolute Gasteiger partial charge is 0.335 e. The van der Waals surface area contributed by atoms with Crippen molar-refractivity contribution in [3.05, 3.63) is 96.3 Å². The van der Waals surface area contributed by atoms with E-state index in [1.54, 1.807) is 12.4 Å². The van der Waals surface area contributed by atoms with Gasteiger partial charge in [0.15, 0.2) is 0 Å². The van der Waals surface area contributed by atoms with Gasteiger partial charge in [0.25, 0.3) is 5.91 Å². The van der Waals surface area contributed by atoms with E-state index in [0.29, 0.717) is 5.56 Å². The summed E-state index contributed by atoms with van der Waals surface area (Å²) < 4.78 is 0. The lowest BCUT2D eigenvalue weighted by Gasteiger charge is -2.29. The summed E-state index contributed by atoms with van der Waals surface area (Å²) in [6.07, 6.45) is 7.80. The summed E-state index contributed by atoms with van der Waals surface area (Å²) in [7, 11) is 1.91. The average Bonchev–Trinajstić information content (AvgIpc) is 2.86. The van der Waals surface area contributed by atoms with Gasteiger partial charge in [0.05, 0.1) is 22.8 Å². The molecule has 0 aliphatic heterocycles. The zero-order valence-corrected chi connectivity index (χ0v) is 18.7. The Kier molecular flexibility index (Phi) is 6.90. The molecular weight excluding hydrogens is 394 g/mol. The normalized spacial score (nSPS) is 11.9. The van der Waals surface area contributed by atoms with Gasteiger partial charge in [-0.3, -0.25) is 9.78 Å². The van der Waals surface area contributed by atoms with E-state index < -0.39 is 0 Å². The zero-order chi connectivity index (χ0) is 22.3.